The lowest BCUT2D eigenvalue weighted by molar-refractivity contribution is -0.120. The molecule has 1 fully saturated rings. The van der Waals surface area contributed by atoms with Gasteiger partial charge in [-0.05, 0) is 30.3 Å². The highest BCUT2D eigenvalue weighted by molar-refractivity contribution is 7.12. The zero-order valence-electron chi connectivity index (χ0n) is 11.3. The number of anilines is 1. The molecular formula is C13H18N2O3S. The van der Waals surface area contributed by atoms with E-state index in [2.05, 4.69) is 10.6 Å². The number of amides is 1. The summed E-state index contributed by atoms with van der Waals surface area (Å²) in [7, 11) is 1.34. The first-order valence-corrected chi connectivity index (χ1v) is 7.10. The van der Waals surface area contributed by atoms with Crippen molar-refractivity contribution in [1.82, 2.24) is 5.32 Å². The molecule has 2 heterocycles. The van der Waals surface area contributed by atoms with Gasteiger partial charge in [-0.3, -0.25) is 4.79 Å². The topological polar surface area (TPSA) is 67.4 Å². The highest BCUT2D eigenvalue weighted by Gasteiger charge is 2.30. The molecule has 6 heteroatoms. The van der Waals surface area contributed by atoms with E-state index in [0.717, 1.165) is 12.1 Å². The lowest BCUT2D eigenvalue weighted by Gasteiger charge is -2.15. The summed E-state index contributed by atoms with van der Waals surface area (Å²) >= 11 is 1.29. The molecule has 1 saturated heterocycles. The zero-order valence-corrected chi connectivity index (χ0v) is 12.1. The number of thiophene rings is 1. The van der Waals surface area contributed by atoms with Gasteiger partial charge in [0.2, 0.25) is 5.91 Å². The van der Waals surface area contributed by atoms with Gasteiger partial charge in [0.1, 0.15) is 4.88 Å². The molecule has 0 aliphatic carbocycles. The second-order valence-electron chi connectivity index (χ2n) is 4.85. The number of nitrogens with one attached hydrogen (secondary N) is 2. The van der Waals surface area contributed by atoms with Crippen LogP contribution >= 0.6 is 11.3 Å². The SMILES string of the molecule is COC(=O)c1scc(C)c1NC(=O)[C@@H]1CNC[C@H]1C. The number of carbonyl (C=O) groups excluding carboxylic acids is 2. The number of ether oxygens (including phenoxy) is 1. The molecule has 19 heavy (non-hydrogen) atoms. The van der Waals surface area contributed by atoms with Gasteiger partial charge >= 0.3 is 5.97 Å². The van der Waals surface area contributed by atoms with Crippen molar-refractivity contribution in [3.63, 3.8) is 0 Å². The van der Waals surface area contributed by atoms with Crippen LogP contribution in [-0.4, -0.2) is 32.1 Å². The number of hydrogen-bond acceptors (Lipinski definition) is 5. The Bertz CT molecular complexity index is 498. The van der Waals surface area contributed by atoms with Gasteiger partial charge < -0.3 is 15.4 Å². The third-order valence-corrected chi connectivity index (χ3v) is 4.53. The third kappa shape index (κ3) is 2.79. The minimum absolute atomic E-state index is 0.0378. The number of methoxy groups -OCH3 is 1. The fourth-order valence-corrected chi connectivity index (χ4v) is 3.14. The Hall–Kier alpha value is -1.40. The number of esters is 1. The number of hydrogen-bond donors (Lipinski definition) is 2. The monoisotopic (exact) mass is 282 g/mol. The Morgan fingerprint density at radius 3 is 2.79 bits per heavy atom. The largest absolute Gasteiger partial charge is 0.465 e. The van der Waals surface area contributed by atoms with Crippen LogP contribution in [0.25, 0.3) is 0 Å². The van der Waals surface area contributed by atoms with E-state index in [-0.39, 0.29) is 11.8 Å². The van der Waals surface area contributed by atoms with Crippen molar-refractivity contribution in [2.75, 3.05) is 25.5 Å². The standard InChI is InChI=1S/C13H18N2O3S/c1-7-4-14-5-9(7)12(16)15-10-8(2)6-19-11(10)13(17)18-3/h6-7,9,14H,4-5H2,1-3H3,(H,15,16)/t7-,9-/m1/s1. The highest BCUT2D eigenvalue weighted by atomic mass is 32.1. The van der Waals surface area contributed by atoms with E-state index in [1.807, 2.05) is 19.2 Å². The van der Waals surface area contributed by atoms with Crippen LogP contribution < -0.4 is 10.6 Å². The van der Waals surface area contributed by atoms with Crippen molar-refractivity contribution in [1.29, 1.82) is 0 Å². The van der Waals surface area contributed by atoms with Crippen molar-refractivity contribution < 1.29 is 14.3 Å². The molecule has 2 atom stereocenters. The van der Waals surface area contributed by atoms with E-state index in [4.69, 9.17) is 4.74 Å². The Morgan fingerprint density at radius 1 is 1.47 bits per heavy atom. The summed E-state index contributed by atoms with van der Waals surface area (Å²) in [6.45, 7) is 5.45. The summed E-state index contributed by atoms with van der Waals surface area (Å²) in [4.78, 5) is 24.3. The maximum Gasteiger partial charge on any atom is 0.350 e. The van der Waals surface area contributed by atoms with Gasteiger partial charge in [-0.2, -0.15) is 0 Å². The molecule has 0 radical (unpaired) electrons. The average molecular weight is 282 g/mol. The summed E-state index contributed by atoms with van der Waals surface area (Å²) in [6.07, 6.45) is 0. The molecule has 0 spiro atoms. The molecule has 1 aromatic rings. The summed E-state index contributed by atoms with van der Waals surface area (Å²) < 4.78 is 4.73. The lowest BCUT2D eigenvalue weighted by Crippen LogP contribution is -2.28. The van der Waals surface area contributed by atoms with Crippen molar-refractivity contribution in [2.45, 2.75) is 13.8 Å². The normalized spacial score (nSPS) is 22.3. The molecule has 1 aliphatic heterocycles. The molecule has 0 aromatic carbocycles. The van der Waals surface area contributed by atoms with E-state index in [1.165, 1.54) is 18.4 Å². The fourth-order valence-electron chi connectivity index (χ4n) is 2.22. The van der Waals surface area contributed by atoms with Crippen molar-refractivity contribution >= 4 is 28.9 Å². The van der Waals surface area contributed by atoms with Gasteiger partial charge in [0, 0.05) is 6.54 Å². The second kappa shape index (κ2) is 5.71. The second-order valence-corrected chi connectivity index (χ2v) is 5.73. The Balaban J connectivity index is 2.16. The summed E-state index contributed by atoms with van der Waals surface area (Å²) in [5, 5.41) is 7.92. The van der Waals surface area contributed by atoms with E-state index < -0.39 is 5.97 Å². The maximum absolute atomic E-state index is 12.2. The van der Waals surface area contributed by atoms with Gasteiger partial charge in [-0.1, -0.05) is 6.92 Å². The molecular weight excluding hydrogens is 264 g/mol. The minimum Gasteiger partial charge on any atom is -0.465 e. The molecule has 5 nitrogen and oxygen atoms in total. The molecule has 0 saturated carbocycles. The maximum atomic E-state index is 12.2. The van der Waals surface area contributed by atoms with Gasteiger partial charge in [0.05, 0.1) is 18.7 Å². The smallest absolute Gasteiger partial charge is 0.350 e. The van der Waals surface area contributed by atoms with Crippen molar-refractivity contribution in [3.05, 3.63) is 15.8 Å². The quantitative estimate of drug-likeness (QED) is 0.827. The highest BCUT2D eigenvalue weighted by Crippen LogP contribution is 2.29. The molecule has 1 aliphatic rings. The first-order valence-electron chi connectivity index (χ1n) is 6.22. The Kier molecular flexibility index (Phi) is 4.21. The summed E-state index contributed by atoms with van der Waals surface area (Å²) in [6, 6.07) is 0. The van der Waals surface area contributed by atoms with Gasteiger partial charge in [-0.15, -0.1) is 11.3 Å². The first kappa shape index (κ1) is 14.0. The lowest BCUT2D eigenvalue weighted by atomic mass is 9.97. The average Bonchev–Trinajstić information content (AvgIpc) is 2.96. The third-order valence-electron chi connectivity index (χ3n) is 3.45. The van der Waals surface area contributed by atoms with E-state index in [1.54, 1.807) is 0 Å². The zero-order chi connectivity index (χ0) is 14.0. The van der Waals surface area contributed by atoms with Crippen LogP contribution in [0.1, 0.15) is 22.2 Å². The number of rotatable bonds is 3. The summed E-state index contributed by atoms with van der Waals surface area (Å²) in [5.41, 5.74) is 1.47. The Labute approximate surface area is 116 Å². The number of carbonyl (C=O) groups is 2. The van der Waals surface area contributed by atoms with Crippen LogP contribution in [0.15, 0.2) is 5.38 Å². The van der Waals surface area contributed by atoms with Crippen LogP contribution in [0.2, 0.25) is 0 Å². The van der Waals surface area contributed by atoms with Crippen molar-refractivity contribution in [3.8, 4) is 0 Å². The molecule has 0 bridgehead atoms. The molecule has 0 unspecified atom stereocenters. The Morgan fingerprint density at radius 2 is 2.21 bits per heavy atom. The summed E-state index contributed by atoms with van der Waals surface area (Å²) in [5.74, 6) is -0.194. The van der Waals surface area contributed by atoms with Crippen molar-refractivity contribution in [2.24, 2.45) is 11.8 Å². The van der Waals surface area contributed by atoms with Gasteiger partial charge in [-0.25, -0.2) is 4.79 Å². The molecule has 104 valence electrons. The van der Waals surface area contributed by atoms with E-state index >= 15 is 0 Å². The first-order chi connectivity index (χ1) is 9.04. The van der Waals surface area contributed by atoms with Crippen LogP contribution in [0.5, 0.6) is 0 Å². The van der Waals surface area contributed by atoms with Crippen LogP contribution in [0.3, 0.4) is 0 Å². The van der Waals surface area contributed by atoms with E-state index in [0.29, 0.717) is 23.0 Å². The van der Waals surface area contributed by atoms with Crippen LogP contribution in [0, 0.1) is 18.8 Å². The fraction of sp³-hybridized carbons (Fsp3) is 0.538. The molecule has 2 rings (SSSR count). The number of aryl methyl sites for hydroxylation is 1. The van der Waals surface area contributed by atoms with Crippen LogP contribution in [0.4, 0.5) is 5.69 Å². The van der Waals surface area contributed by atoms with E-state index in [9.17, 15) is 9.59 Å². The molecule has 1 aromatic heterocycles. The van der Waals surface area contributed by atoms with Gasteiger partial charge in [0.15, 0.2) is 0 Å². The predicted molar refractivity (Wildman–Crippen MR) is 74.5 cm³/mol. The van der Waals surface area contributed by atoms with Gasteiger partial charge in [0.25, 0.3) is 0 Å². The van der Waals surface area contributed by atoms with Crippen LogP contribution in [-0.2, 0) is 9.53 Å². The molecule has 1 amide bonds. The predicted octanol–water partition coefficient (Wildman–Crippen LogP) is 1.64. The minimum atomic E-state index is -0.411. The molecule has 2 N–H and O–H groups in total.